The SMILES string of the molecule is CCOc1cc([C@H]2C(C(=O)OC(C)C)=C(C)NC3=C2C(=O)[C@@H](C(=O)OC)[C@H](C)C3)cc(Cl)c1O. The molecule has 0 aromatic heterocycles. The van der Waals surface area contributed by atoms with Crippen molar-refractivity contribution in [3.05, 3.63) is 45.3 Å². The molecule has 0 saturated carbocycles. The molecule has 0 fully saturated rings. The summed E-state index contributed by atoms with van der Waals surface area (Å²) in [5, 5.41) is 13.6. The number of nitrogens with one attached hydrogen (secondary N) is 1. The summed E-state index contributed by atoms with van der Waals surface area (Å²) in [6.07, 6.45) is 0.0156. The third-order valence-corrected chi connectivity index (χ3v) is 6.28. The summed E-state index contributed by atoms with van der Waals surface area (Å²) in [4.78, 5) is 39.5. The molecule has 0 spiro atoms. The molecule has 0 bridgehead atoms. The van der Waals surface area contributed by atoms with E-state index in [4.69, 9.17) is 25.8 Å². The zero-order chi connectivity index (χ0) is 25.3. The maximum atomic E-state index is 13.7. The van der Waals surface area contributed by atoms with Crippen LogP contribution in [0.15, 0.2) is 34.7 Å². The van der Waals surface area contributed by atoms with Gasteiger partial charge in [0, 0.05) is 22.9 Å². The summed E-state index contributed by atoms with van der Waals surface area (Å²) < 4.78 is 15.9. The van der Waals surface area contributed by atoms with Crippen molar-refractivity contribution in [1.82, 2.24) is 5.32 Å². The Morgan fingerprint density at radius 3 is 2.56 bits per heavy atom. The van der Waals surface area contributed by atoms with Gasteiger partial charge in [-0.2, -0.15) is 0 Å². The molecule has 2 N–H and O–H groups in total. The fourth-order valence-electron chi connectivity index (χ4n) is 4.59. The first kappa shape index (κ1) is 25.6. The number of esters is 2. The minimum Gasteiger partial charge on any atom is -0.503 e. The summed E-state index contributed by atoms with van der Waals surface area (Å²) in [6.45, 7) is 9.04. The van der Waals surface area contributed by atoms with E-state index in [-0.39, 0.29) is 40.2 Å². The Morgan fingerprint density at radius 2 is 1.97 bits per heavy atom. The summed E-state index contributed by atoms with van der Waals surface area (Å²) in [5.74, 6) is -3.95. The number of carbonyl (C=O) groups is 3. The average molecular weight is 492 g/mol. The lowest BCUT2D eigenvalue weighted by atomic mass is 9.69. The maximum absolute atomic E-state index is 13.7. The van der Waals surface area contributed by atoms with Crippen LogP contribution < -0.4 is 10.1 Å². The van der Waals surface area contributed by atoms with Gasteiger partial charge in [-0.15, -0.1) is 0 Å². The minimum absolute atomic E-state index is 0.0111. The lowest BCUT2D eigenvalue weighted by molar-refractivity contribution is -0.151. The number of hydrogen-bond donors (Lipinski definition) is 2. The number of benzene rings is 1. The number of ether oxygens (including phenoxy) is 3. The van der Waals surface area contributed by atoms with Crippen molar-refractivity contribution in [3.63, 3.8) is 0 Å². The van der Waals surface area contributed by atoms with E-state index in [1.54, 1.807) is 33.8 Å². The van der Waals surface area contributed by atoms with Gasteiger partial charge >= 0.3 is 11.9 Å². The highest BCUT2D eigenvalue weighted by Crippen LogP contribution is 2.48. The largest absolute Gasteiger partial charge is 0.503 e. The van der Waals surface area contributed by atoms with Gasteiger partial charge in [0.05, 0.1) is 30.4 Å². The molecular weight excluding hydrogens is 462 g/mol. The summed E-state index contributed by atoms with van der Waals surface area (Å²) in [6, 6.07) is 3.05. The molecule has 3 rings (SSSR count). The van der Waals surface area contributed by atoms with Crippen molar-refractivity contribution in [2.24, 2.45) is 11.8 Å². The minimum atomic E-state index is -1.01. The van der Waals surface area contributed by atoms with Crippen LogP contribution in [0.1, 0.15) is 52.5 Å². The molecule has 1 aliphatic heterocycles. The van der Waals surface area contributed by atoms with Crippen molar-refractivity contribution in [2.45, 2.75) is 53.1 Å². The Kier molecular flexibility index (Phi) is 7.60. The van der Waals surface area contributed by atoms with Crippen LogP contribution in [0.2, 0.25) is 5.02 Å². The van der Waals surface area contributed by atoms with E-state index >= 15 is 0 Å². The number of dihydropyridines is 1. The van der Waals surface area contributed by atoms with E-state index in [9.17, 15) is 19.5 Å². The molecule has 0 saturated heterocycles. The highest BCUT2D eigenvalue weighted by atomic mass is 35.5. The van der Waals surface area contributed by atoms with Gasteiger partial charge in [0.25, 0.3) is 0 Å². The molecule has 1 heterocycles. The summed E-state index contributed by atoms with van der Waals surface area (Å²) in [5.41, 5.74) is 2.13. The smallest absolute Gasteiger partial charge is 0.337 e. The van der Waals surface area contributed by atoms with Gasteiger partial charge in [-0.1, -0.05) is 18.5 Å². The van der Waals surface area contributed by atoms with Gasteiger partial charge in [-0.25, -0.2) is 4.79 Å². The molecular formula is C25H30ClNO7. The van der Waals surface area contributed by atoms with E-state index in [2.05, 4.69) is 5.32 Å². The molecule has 1 aromatic carbocycles. The first-order chi connectivity index (χ1) is 16.0. The fraction of sp³-hybridized carbons (Fsp3) is 0.480. The molecule has 9 heteroatoms. The van der Waals surface area contributed by atoms with Gasteiger partial charge in [-0.3, -0.25) is 9.59 Å². The molecule has 184 valence electrons. The highest BCUT2D eigenvalue weighted by Gasteiger charge is 2.47. The lowest BCUT2D eigenvalue weighted by Gasteiger charge is -2.38. The summed E-state index contributed by atoms with van der Waals surface area (Å²) in [7, 11) is 1.24. The highest BCUT2D eigenvalue weighted by molar-refractivity contribution is 6.32. The Hall–Kier alpha value is -3.00. The number of ketones is 1. The van der Waals surface area contributed by atoms with E-state index < -0.39 is 35.7 Å². The van der Waals surface area contributed by atoms with Crippen LogP contribution in [-0.4, -0.2) is 42.6 Å². The second-order valence-electron chi connectivity index (χ2n) is 8.77. The zero-order valence-electron chi connectivity index (χ0n) is 20.2. The standard InChI is InChI=1S/C25H30ClNO7/c1-7-33-17-10-14(9-15(26)22(17)28)20-19(25(31)34-11(2)3)13(5)27-16-8-12(4)18(24(30)32-6)23(29)21(16)20/h9-12,18,20,27-28H,7-8H2,1-6H3/t12-,18+,20+/m1/s1. The summed E-state index contributed by atoms with van der Waals surface area (Å²) >= 11 is 6.31. The molecule has 1 aromatic rings. The Labute approximate surface area is 203 Å². The van der Waals surface area contributed by atoms with E-state index in [0.717, 1.165) is 0 Å². The quantitative estimate of drug-likeness (QED) is 0.453. The number of phenolic OH excluding ortho intramolecular Hbond substituents is 1. The van der Waals surface area contributed by atoms with Crippen molar-refractivity contribution in [3.8, 4) is 11.5 Å². The van der Waals surface area contributed by atoms with Crippen LogP contribution in [0.5, 0.6) is 11.5 Å². The number of carbonyl (C=O) groups excluding carboxylic acids is 3. The Balaban J connectivity index is 2.26. The molecule has 0 radical (unpaired) electrons. The van der Waals surface area contributed by atoms with Crippen molar-refractivity contribution in [1.29, 1.82) is 0 Å². The van der Waals surface area contributed by atoms with Crippen LogP contribution >= 0.6 is 11.6 Å². The van der Waals surface area contributed by atoms with Crippen molar-refractivity contribution >= 4 is 29.3 Å². The molecule has 0 unspecified atom stereocenters. The number of hydrogen-bond acceptors (Lipinski definition) is 8. The van der Waals surface area contributed by atoms with Gasteiger partial charge < -0.3 is 24.6 Å². The molecule has 3 atom stereocenters. The predicted octanol–water partition coefficient (Wildman–Crippen LogP) is 4.01. The van der Waals surface area contributed by atoms with Gasteiger partial charge in [0.15, 0.2) is 17.3 Å². The number of methoxy groups -OCH3 is 1. The Bertz CT molecular complexity index is 1090. The van der Waals surface area contributed by atoms with Gasteiger partial charge in [0.1, 0.15) is 5.92 Å². The molecule has 0 amide bonds. The normalized spacial score (nSPS) is 22.4. The first-order valence-electron chi connectivity index (χ1n) is 11.2. The lowest BCUT2D eigenvalue weighted by Crippen LogP contribution is -2.43. The average Bonchev–Trinajstić information content (AvgIpc) is 2.75. The maximum Gasteiger partial charge on any atom is 0.337 e. The number of aromatic hydroxyl groups is 1. The van der Waals surface area contributed by atoms with Crippen LogP contribution in [0.3, 0.4) is 0 Å². The second-order valence-corrected chi connectivity index (χ2v) is 9.18. The fourth-order valence-corrected chi connectivity index (χ4v) is 4.81. The van der Waals surface area contributed by atoms with Crippen LogP contribution in [0.4, 0.5) is 0 Å². The van der Waals surface area contributed by atoms with Gasteiger partial charge in [0.2, 0.25) is 0 Å². The number of rotatable bonds is 6. The predicted molar refractivity (Wildman–Crippen MR) is 125 cm³/mol. The number of Topliss-reactive ketones (excluding diaryl/α,β-unsaturated/α-hetero) is 1. The first-order valence-corrected chi connectivity index (χ1v) is 11.6. The Morgan fingerprint density at radius 1 is 1.29 bits per heavy atom. The van der Waals surface area contributed by atoms with E-state index in [0.29, 0.717) is 23.4 Å². The van der Waals surface area contributed by atoms with Crippen LogP contribution in [0.25, 0.3) is 0 Å². The molecule has 8 nitrogen and oxygen atoms in total. The van der Waals surface area contributed by atoms with E-state index in [1.807, 2.05) is 6.92 Å². The van der Waals surface area contributed by atoms with Crippen molar-refractivity contribution in [2.75, 3.05) is 13.7 Å². The van der Waals surface area contributed by atoms with Crippen LogP contribution in [0, 0.1) is 11.8 Å². The zero-order valence-corrected chi connectivity index (χ0v) is 20.9. The monoisotopic (exact) mass is 491 g/mol. The topological polar surface area (TPSA) is 111 Å². The molecule has 1 aliphatic carbocycles. The molecule has 2 aliphatic rings. The van der Waals surface area contributed by atoms with Crippen molar-refractivity contribution < 1.29 is 33.7 Å². The second kappa shape index (κ2) is 10.1. The number of halogens is 1. The van der Waals surface area contributed by atoms with Crippen LogP contribution in [-0.2, 0) is 23.9 Å². The molecule has 34 heavy (non-hydrogen) atoms. The van der Waals surface area contributed by atoms with E-state index in [1.165, 1.54) is 13.2 Å². The third kappa shape index (κ3) is 4.64. The number of allylic oxidation sites excluding steroid dienone is 3. The van der Waals surface area contributed by atoms with Gasteiger partial charge in [-0.05, 0) is 57.7 Å². The number of phenols is 1. The third-order valence-electron chi connectivity index (χ3n) is 5.99.